The molecule has 0 aromatic carbocycles. The fourth-order valence-corrected chi connectivity index (χ4v) is 7.07. The maximum atomic E-state index is 13.9. The summed E-state index contributed by atoms with van der Waals surface area (Å²) >= 11 is 0. The van der Waals surface area contributed by atoms with Crippen molar-refractivity contribution in [2.24, 2.45) is 5.92 Å². The lowest BCUT2D eigenvalue weighted by atomic mass is 10.1. The van der Waals surface area contributed by atoms with Crippen LogP contribution in [-0.2, 0) is 27.2 Å². The van der Waals surface area contributed by atoms with Gasteiger partial charge < -0.3 is 23.0 Å². The Hall–Kier alpha value is 0.220. The van der Waals surface area contributed by atoms with Crippen molar-refractivity contribution in [3.05, 3.63) is 0 Å². The Balaban J connectivity index is 5.66. The number of rotatable bonds is 25. The summed E-state index contributed by atoms with van der Waals surface area (Å²) in [5, 5.41) is 0. The molecule has 0 amide bonds. The zero-order chi connectivity index (χ0) is 26.6. The Kier molecular flexibility index (Phi) is 21.3. The average molecular weight is 543 g/mol. The zero-order valence-electron chi connectivity index (χ0n) is 23.8. The van der Waals surface area contributed by atoms with Gasteiger partial charge in [-0.3, -0.25) is 14.0 Å². The van der Waals surface area contributed by atoms with Gasteiger partial charge in [0.05, 0.1) is 26.4 Å². The second kappa shape index (κ2) is 21.2. The molecule has 0 aliphatic carbocycles. The highest BCUT2D eigenvalue weighted by atomic mass is 31.2. The molecule has 0 bridgehead atoms. The van der Waals surface area contributed by atoms with Crippen LogP contribution < -0.4 is 0 Å². The molecule has 0 saturated carbocycles. The largest absolute Gasteiger partial charge is 0.344 e. The first kappa shape index (κ1) is 35.2. The van der Waals surface area contributed by atoms with Gasteiger partial charge in [-0.1, -0.05) is 66.7 Å². The Morgan fingerprint density at radius 1 is 0.629 bits per heavy atom. The highest BCUT2D eigenvalue weighted by Gasteiger charge is 2.34. The van der Waals surface area contributed by atoms with Crippen molar-refractivity contribution in [2.75, 3.05) is 66.2 Å². The van der Waals surface area contributed by atoms with Gasteiger partial charge in [0.15, 0.2) is 0 Å². The summed E-state index contributed by atoms with van der Waals surface area (Å²) in [6, 6.07) is 0. The molecule has 0 spiro atoms. The molecule has 0 saturated heterocycles. The van der Waals surface area contributed by atoms with Crippen molar-refractivity contribution >= 4 is 15.2 Å². The molecule has 35 heavy (non-hydrogen) atoms. The van der Waals surface area contributed by atoms with E-state index < -0.39 is 15.2 Å². The first-order valence-corrected chi connectivity index (χ1v) is 17.3. The monoisotopic (exact) mass is 542 g/mol. The lowest BCUT2D eigenvalue weighted by molar-refractivity contribution is 0.154. The van der Waals surface area contributed by atoms with Crippen LogP contribution in [0.5, 0.6) is 0 Å². The maximum Gasteiger partial charge on any atom is 0.344 e. The number of unbranched alkanes of at least 4 members (excludes halogenated alkanes) is 3. The van der Waals surface area contributed by atoms with Crippen LogP contribution in [0.2, 0.25) is 0 Å². The van der Waals surface area contributed by atoms with Crippen LogP contribution >= 0.6 is 15.2 Å². The fraction of sp³-hybridized carbons (Fsp3) is 1.00. The summed E-state index contributed by atoms with van der Waals surface area (Å²) in [4.78, 5) is 4.02. The van der Waals surface area contributed by atoms with Crippen LogP contribution in [0.25, 0.3) is 0 Å². The second-order valence-corrected chi connectivity index (χ2v) is 13.6. The predicted octanol–water partition coefficient (Wildman–Crippen LogP) is 7.44. The van der Waals surface area contributed by atoms with Crippen LogP contribution in [0.15, 0.2) is 0 Å². The van der Waals surface area contributed by atoms with Crippen LogP contribution in [0.4, 0.5) is 0 Å². The summed E-state index contributed by atoms with van der Waals surface area (Å²) in [6.45, 7) is 13.5. The van der Waals surface area contributed by atoms with Gasteiger partial charge in [0, 0.05) is 6.54 Å². The van der Waals surface area contributed by atoms with Crippen molar-refractivity contribution in [3.8, 4) is 0 Å². The highest BCUT2D eigenvalue weighted by Crippen LogP contribution is 2.53. The quantitative estimate of drug-likeness (QED) is 0.0870. The van der Waals surface area contributed by atoms with Crippen molar-refractivity contribution in [1.82, 2.24) is 9.80 Å². The normalized spacial score (nSPS) is 14.3. The van der Waals surface area contributed by atoms with E-state index in [1.165, 1.54) is 0 Å². The first-order valence-electron chi connectivity index (χ1n) is 13.8. The summed E-state index contributed by atoms with van der Waals surface area (Å²) in [6.07, 6.45) is 8.23. The standard InChI is InChI=1S/C25H56N2O6P2/c1-8-13-19-30-34(28,31-20-14-9-2)23-27(18-16-17-26(6)7)24-35(29,32-21-15-10-3)33-22-25(11-4)12-5/h25H,8-24H2,1-7H3. The van der Waals surface area contributed by atoms with Crippen molar-refractivity contribution in [2.45, 2.75) is 92.4 Å². The van der Waals surface area contributed by atoms with Crippen LogP contribution in [-0.4, -0.2) is 76.0 Å². The molecule has 8 nitrogen and oxygen atoms in total. The first-order chi connectivity index (χ1) is 16.7. The molecule has 212 valence electrons. The molecule has 0 radical (unpaired) electrons. The Morgan fingerprint density at radius 3 is 1.43 bits per heavy atom. The molecule has 0 rings (SSSR count). The van der Waals surface area contributed by atoms with E-state index >= 15 is 0 Å². The third-order valence-electron chi connectivity index (χ3n) is 5.85. The number of nitrogens with zero attached hydrogens (tertiary/aromatic N) is 2. The summed E-state index contributed by atoms with van der Waals surface area (Å²) in [5.74, 6) is 0.334. The molecule has 1 unspecified atom stereocenters. The summed E-state index contributed by atoms with van der Waals surface area (Å²) in [7, 11) is -2.76. The van der Waals surface area contributed by atoms with Gasteiger partial charge in [-0.2, -0.15) is 0 Å². The minimum atomic E-state index is -3.42. The van der Waals surface area contributed by atoms with Gasteiger partial charge in [-0.15, -0.1) is 0 Å². The highest BCUT2D eigenvalue weighted by molar-refractivity contribution is 7.54. The van der Waals surface area contributed by atoms with Crippen molar-refractivity contribution in [1.29, 1.82) is 0 Å². The molecule has 0 aliphatic rings. The average Bonchev–Trinajstić information content (AvgIpc) is 2.80. The minimum Gasteiger partial charge on any atom is -0.309 e. The van der Waals surface area contributed by atoms with Crippen LogP contribution in [0, 0.1) is 5.92 Å². The number of hydrogen-bond donors (Lipinski definition) is 0. The molecule has 0 N–H and O–H groups in total. The third kappa shape index (κ3) is 18.2. The fourth-order valence-electron chi connectivity index (χ4n) is 3.31. The topological polar surface area (TPSA) is 77.5 Å². The Bertz CT molecular complexity index is 576. The van der Waals surface area contributed by atoms with E-state index in [1.54, 1.807) is 0 Å². The molecular formula is C25H56N2O6P2. The summed E-state index contributed by atoms with van der Waals surface area (Å²) in [5.41, 5.74) is 0. The third-order valence-corrected chi connectivity index (χ3v) is 9.61. The molecule has 0 fully saturated rings. The van der Waals surface area contributed by atoms with Gasteiger partial charge in [0.1, 0.15) is 12.6 Å². The Labute approximate surface area is 216 Å². The molecule has 0 aliphatic heterocycles. The van der Waals surface area contributed by atoms with Crippen molar-refractivity contribution < 1.29 is 27.2 Å². The lowest BCUT2D eigenvalue weighted by Gasteiger charge is -2.31. The molecule has 1 atom stereocenters. The summed E-state index contributed by atoms with van der Waals surface area (Å²) < 4.78 is 51.1. The number of hydrogen-bond acceptors (Lipinski definition) is 8. The smallest absolute Gasteiger partial charge is 0.309 e. The molecule has 0 aromatic rings. The predicted molar refractivity (Wildman–Crippen MR) is 147 cm³/mol. The maximum absolute atomic E-state index is 13.9. The van der Waals surface area contributed by atoms with E-state index in [9.17, 15) is 9.13 Å². The van der Waals surface area contributed by atoms with E-state index in [2.05, 4.69) is 39.5 Å². The molecule has 0 aromatic heterocycles. The molecule has 10 heteroatoms. The van der Waals surface area contributed by atoms with E-state index in [0.29, 0.717) is 38.9 Å². The van der Waals surface area contributed by atoms with Gasteiger partial charge in [0.25, 0.3) is 0 Å². The Morgan fingerprint density at radius 2 is 1.06 bits per heavy atom. The van der Waals surface area contributed by atoms with E-state index in [1.807, 2.05) is 19.0 Å². The molecular weight excluding hydrogens is 486 g/mol. The van der Waals surface area contributed by atoms with E-state index in [4.69, 9.17) is 18.1 Å². The van der Waals surface area contributed by atoms with Gasteiger partial charge in [-0.05, 0) is 52.2 Å². The van der Waals surface area contributed by atoms with Crippen LogP contribution in [0.3, 0.4) is 0 Å². The SMILES string of the molecule is CCCCOP(=O)(CN(CCCN(C)C)CP(=O)(OCCCC)OCC(CC)CC)OCCCC. The van der Waals surface area contributed by atoms with E-state index in [0.717, 1.165) is 64.3 Å². The van der Waals surface area contributed by atoms with Gasteiger partial charge in [0.2, 0.25) is 0 Å². The van der Waals surface area contributed by atoms with Crippen molar-refractivity contribution in [3.63, 3.8) is 0 Å². The van der Waals surface area contributed by atoms with Crippen LogP contribution in [0.1, 0.15) is 92.4 Å². The lowest BCUT2D eigenvalue weighted by Crippen LogP contribution is -2.31. The van der Waals surface area contributed by atoms with Gasteiger partial charge in [-0.25, -0.2) is 0 Å². The zero-order valence-corrected chi connectivity index (χ0v) is 25.6. The second-order valence-electron chi connectivity index (χ2n) is 9.59. The minimum absolute atomic E-state index is 0.0859. The van der Waals surface area contributed by atoms with E-state index in [-0.39, 0.29) is 12.6 Å². The van der Waals surface area contributed by atoms with Gasteiger partial charge >= 0.3 is 15.2 Å². The molecule has 0 heterocycles.